The summed E-state index contributed by atoms with van der Waals surface area (Å²) in [5.41, 5.74) is 1.98. The van der Waals surface area contributed by atoms with Gasteiger partial charge in [-0.25, -0.2) is 0 Å². The van der Waals surface area contributed by atoms with E-state index in [2.05, 4.69) is 36.2 Å². The van der Waals surface area contributed by atoms with Gasteiger partial charge in [0.25, 0.3) is 5.91 Å². The molecule has 1 N–H and O–H groups in total. The highest BCUT2D eigenvalue weighted by Gasteiger charge is 2.14. The minimum atomic E-state index is 0.0244. The molecule has 1 unspecified atom stereocenters. The van der Waals surface area contributed by atoms with Crippen LogP contribution in [0.15, 0.2) is 24.3 Å². The van der Waals surface area contributed by atoms with E-state index in [1.807, 2.05) is 19.1 Å². The maximum atomic E-state index is 12.1. The van der Waals surface area contributed by atoms with Crippen LogP contribution in [0.2, 0.25) is 0 Å². The Morgan fingerprint density at radius 2 is 1.65 bits per heavy atom. The van der Waals surface area contributed by atoms with Crippen LogP contribution in [0.25, 0.3) is 0 Å². The third kappa shape index (κ3) is 3.75. The van der Waals surface area contributed by atoms with E-state index in [9.17, 15) is 4.79 Å². The zero-order chi connectivity index (χ0) is 14.5. The van der Waals surface area contributed by atoms with Gasteiger partial charge in [0.1, 0.15) is 0 Å². The summed E-state index contributed by atoms with van der Waals surface area (Å²) in [5, 5.41) is 3.04. The molecule has 1 saturated heterocycles. The van der Waals surface area contributed by atoms with E-state index in [0.29, 0.717) is 5.92 Å². The third-order valence-corrected chi connectivity index (χ3v) is 4.21. The zero-order valence-corrected chi connectivity index (χ0v) is 12.9. The number of carbonyl (C=O) groups is 1. The molecule has 1 amide bonds. The number of anilines is 1. The van der Waals surface area contributed by atoms with Crippen LogP contribution in [0.5, 0.6) is 0 Å². The van der Waals surface area contributed by atoms with Gasteiger partial charge >= 0.3 is 0 Å². The Kier molecular flexibility index (Phi) is 5.05. The number of hydrogen-bond acceptors (Lipinski definition) is 2. The Balaban J connectivity index is 1.98. The summed E-state index contributed by atoms with van der Waals surface area (Å²) in [6.45, 7) is 8.55. The maximum Gasteiger partial charge on any atom is 0.251 e. The van der Waals surface area contributed by atoms with Gasteiger partial charge in [0.2, 0.25) is 0 Å². The van der Waals surface area contributed by atoms with Crippen molar-refractivity contribution in [2.75, 3.05) is 18.0 Å². The van der Waals surface area contributed by atoms with Crippen LogP contribution in [0, 0.1) is 5.92 Å². The molecule has 1 heterocycles. The molecule has 2 rings (SSSR count). The lowest BCUT2D eigenvalue weighted by Crippen LogP contribution is -2.36. The second-order valence-corrected chi connectivity index (χ2v) is 6.10. The summed E-state index contributed by atoms with van der Waals surface area (Å²) in [7, 11) is 0. The molecule has 0 aromatic heterocycles. The van der Waals surface area contributed by atoms with Crippen LogP contribution in [-0.4, -0.2) is 25.0 Å². The number of benzene rings is 1. The number of amides is 1. The molecule has 0 bridgehead atoms. The molecular formula is C17H26N2O. The summed E-state index contributed by atoms with van der Waals surface area (Å²) >= 11 is 0. The summed E-state index contributed by atoms with van der Waals surface area (Å²) in [4.78, 5) is 14.5. The predicted molar refractivity (Wildman–Crippen MR) is 84.3 cm³/mol. The van der Waals surface area contributed by atoms with Crippen molar-refractivity contribution in [3.63, 3.8) is 0 Å². The van der Waals surface area contributed by atoms with Gasteiger partial charge in [-0.2, -0.15) is 0 Å². The van der Waals surface area contributed by atoms with Gasteiger partial charge in [-0.1, -0.05) is 13.8 Å². The topological polar surface area (TPSA) is 32.3 Å². The average Bonchev–Trinajstić information content (AvgIpc) is 2.48. The summed E-state index contributed by atoms with van der Waals surface area (Å²) < 4.78 is 0. The molecule has 1 atom stereocenters. The van der Waals surface area contributed by atoms with E-state index in [0.717, 1.165) is 18.7 Å². The minimum absolute atomic E-state index is 0.0244. The number of nitrogens with zero attached hydrogens (tertiary/aromatic N) is 1. The Bertz CT molecular complexity index is 433. The molecule has 1 fully saturated rings. The average molecular weight is 274 g/mol. The van der Waals surface area contributed by atoms with Gasteiger partial charge in [-0.3, -0.25) is 4.79 Å². The largest absolute Gasteiger partial charge is 0.372 e. The van der Waals surface area contributed by atoms with Crippen molar-refractivity contribution in [2.45, 2.75) is 46.1 Å². The van der Waals surface area contributed by atoms with Crippen molar-refractivity contribution in [1.82, 2.24) is 5.32 Å². The van der Waals surface area contributed by atoms with Crippen molar-refractivity contribution in [2.24, 2.45) is 5.92 Å². The molecule has 3 heteroatoms. The standard InChI is InChI=1S/C17H26N2O/c1-13(2)14(3)18-17(20)15-7-9-16(10-8-15)19-11-5-4-6-12-19/h7-10,13-14H,4-6,11-12H2,1-3H3,(H,18,20). The van der Waals surface area contributed by atoms with E-state index in [1.165, 1.54) is 24.9 Å². The molecule has 1 aromatic rings. The van der Waals surface area contributed by atoms with E-state index < -0.39 is 0 Å². The highest BCUT2D eigenvalue weighted by molar-refractivity contribution is 5.94. The Morgan fingerprint density at radius 1 is 1.05 bits per heavy atom. The highest BCUT2D eigenvalue weighted by Crippen LogP contribution is 2.20. The monoisotopic (exact) mass is 274 g/mol. The minimum Gasteiger partial charge on any atom is -0.372 e. The lowest BCUT2D eigenvalue weighted by molar-refractivity contribution is 0.0930. The summed E-state index contributed by atoms with van der Waals surface area (Å²) in [6.07, 6.45) is 3.88. The fourth-order valence-electron chi connectivity index (χ4n) is 2.43. The molecule has 0 aliphatic carbocycles. The first-order chi connectivity index (χ1) is 9.58. The molecule has 20 heavy (non-hydrogen) atoms. The molecule has 1 aromatic carbocycles. The first kappa shape index (κ1) is 14.9. The quantitative estimate of drug-likeness (QED) is 0.912. The van der Waals surface area contributed by atoms with Crippen LogP contribution in [0.4, 0.5) is 5.69 Å². The molecule has 1 aliphatic rings. The number of hydrogen-bond donors (Lipinski definition) is 1. The fourth-order valence-corrected chi connectivity index (χ4v) is 2.43. The van der Waals surface area contributed by atoms with Crippen LogP contribution >= 0.6 is 0 Å². The van der Waals surface area contributed by atoms with E-state index >= 15 is 0 Å². The molecule has 1 aliphatic heterocycles. The van der Waals surface area contributed by atoms with Crippen molar-refractivity contribution in [1.29, 1.82) is 0 Å². The zero-order valence-electron chi connectivity index (χ0n) is 12.9. The number of piperidine rings is 1. The van der Waals surface area contributed by atoms with Crippen LogP contribution in [-0.2, 0) is 0 Å². The van der Waals surface area contributed by atoms with Crippen LogP contribution in [0.1, 0.15) is 50.4 Å². The van der Waals surface area contributed by atoms with Crippen molar-refractivity contribution < 1.29 is 4.79 Å². The smallest absolute Gasteiger partial charge is 0.251 e. The van der Waals surface area contributed by atoms with Gasteiger partial charge in [0.05, 0.1) is 0 Å². The van der Waals surface area contributed by atoms with E-state index in [4.69, 9.17) is 0 Å². The second kappa shape index (κ2) is 6.78. The first-order valence-electron chi connectivity index (χ1n) is 7.74. The highest BCUT2D eigenvalue weighted by atomic mass is 16.1. The Labute approximate surface area is 122 Å². The third-order valence-electron chi connectivity index (χ3n) is 4.21. The second-order valence-electron chi connectivity index (χ2n) is 6.10. The van der Waals surface area contributed by atoms with E-state index in [-0.39, 0.29) is 11.9 Å². The number of carbonyl (C=O) groups excluding carboxylic acids is 1. The van der Waals surface area contributed by atoms with Gasteiger partial charge in [0, 0.05) is 30.4 Å². The van der Waals surface area contributed by atoms with Gasteiger partial charge in [0.15, 0.2) is 0 Å². The number of nitrogens with one attached hydrogen (secondary N) is 1. The lowest BCUT2D eigenvalue weighted by Gasteiger charge is -2.28. The number of rotatable bonds is 4. The van der Waals surface area contributed by atoms with E-state index in [1.54, 1.807) is 0 Å². The van der Waals surface area contributed by atoms with Crippen LogP contribution in [0.3, 0.4) is 0 Å². The molecular weight excluding hydrogens is 248 g/mol. The van der Waals surface area contributed by atoms with Crippen molar-refractivity contribution >= 4 is 11.6 Å². The van der Waals surface area contributed by atoms with Crippen molar-refractivity contribution in [3.8, 4) is 0 Å². The molecule has 3 nitrogen and oxygen atoms in total. The molecule has 0 radical (unpaired) electrons. The SMILES string of the molecule is CC(C)C(C)NC(=O)c1ccc(N2CCCCC2)cc1. The lowest BCUT2D eigenvalue weighted by atomic mass is 10.1. The summed E-state index contributed by atoms with van der Waals surface area (Å²) in [5.74, 6) is 0.475. The Morgan fingerprint density at radius 3 is 2.20 bits per heavy atom. The molecule has 110 valence electrons. The summed E-state index contributed by atoms with van der Waals surface area (Å²) in [6, 6.07) is 8.21. The first-order valence-corrected chi connectivity index (χ1v) is 7.74. The van der Waals surface area contributed by atoms with Crippen LogP contribution < -0.4 is 10.2 Å². The molecule has 0 saturated carbocycles. The normalized spacial score (nSPS) is 17.1. The fraction of sp³-hybridized carbons (Fsp3) is 0.588. The predicted octanol–water partition coefficient (Wildman–Crippen LogP) is 3.45. The maximum absolute atomic E-state index is 12.1. The van der Waals surface area contributed by atoms with Gasteiger partial charge < -0.3 is 10.2 Å². The molecule has 0 spiro atoms. The Hall–Kier alpha value is -1.51. The van der Waals surface area contributed by atoms with Gasteiger partial charge in [-0.05, 0) is 56.4 Å². The van der Waals surface area contributed by atoms with Crippen molar-refractivity contribution in [3.05, 3.63) is 29.8 Å². The van der Waals surface area contributed by atoms with Gasteiger partial charge in [-0.15, -0.1) is 0 Å².